The van der Waals surface area contributed by atoms with Gasteiger partial charge in [-0.25, -0.2) is 19.9 Å². The van der Waals surface area contributed by atoms with Crippen LogP contribution in [0, 0.1) is 0 Å². The number of nitrogens with two attached hydrogens (primary N) is 1. The Kier molecular flexibility index (Phi) is 7.58. The standard InChI is InChI=1S/C23H18F3N7O2.C2H6/c24-23(25,26)14-2-3-15(30-8-14)9-33(10-19-28-4-1-5-29-19)22(34)13-6-16-17-11-35-12-18(17)20(27)32-21(16)31-7-13;1-2/h1-8H,9-12H2,(H2,27,31,32);1-2H3. The Bertz CT molecular complexity index is 1400. The number of rotatable bonds is 5. The van der Waals surface area contributed by atoms with E-state index in [1.165, 1.54) is 17.2 Å². The first-order valence-electron chi connectivity index (χ1n) is 11.5. The second-order valence-electron chi connectivity index (χ2n) is 7.90. The highest BCUT2D eigenvalue weighted by Gasteiger charge is 2.31. The average molecular weight is 512 g/mol. The fourth-order valence-corrected chi connectivity index (χ4v) is 3.81. The van der Waals surface area contributed by atoms with E-state index in [1.54, 1.807) is 24.5 Å². The molecule has 0 saturated carbocycles. The van der Waals surface area contributed by atoms with Crippen LogP contribution in [0.2, 0.25) is 0 Å². The van der Waals surface area contributed by atoms with Crippen molar-refractivity contribution in [1.82, 2.24) is 29.8 Å². The van der Waals surface area contributed by atoms with Crippen LogP contribution in [-0.2, 0) is 37.2 Å². The zero-order chi connectivity index (χ0) is 26.6. The maximum absolute atomic E-state index is 13.5. The van der Waals surface area contributed by atoms with Gasteiger partial charge in [-0.05, 0) is 29.8 Å². The summed E-state index contributed by atoms with van der Waals surface area (Å²) in [5, 5.41) is 0.654. The molecular formula is C25H24F3N7O2. The van der Waals surface area contributed by atoms with E-state index in [0.29, 0.717) is 35.9 Å². The number of hydrogen-bond donors (Lipinski definition) is 1. The van der Waals surface area contributed by atoms with Crippen LogP contribution >= 0.6 is 0 Å². The second-order valence-corrected chi connectivity index (χ2v) is 7.90. The normalized spacial score (nSPS) is 12.6. The Morgan fingerprint density at radius 2 is 1.76 bits per heavy atom. The van der Waals surface area contributed by atoms with Crippen LogP contribution in [-0.4, -0.2) is 35.7 Å². The number of amides is 1. The minimum atomic E-state index is -4.50. The molecule has 0 aliphatic carbocycles. The molecule has 0 unspecified atom stereocenters. The molecule has 9 nitrogen and oxygen atoms in total. The van der Waals surface area contributed by atoms with E-state index in [9.17, 15) is 18.0 Å². The monoisotopic (exact) mass is 511 g/mol. The van der Waals surface area contributed by atoms with E-state index in [2.05, 4.69) is 24.9 Å². The van der Waals surface area contributed by atoms with Gasteiger partial charge >= 0.3 is 6.18 Å². The van der Waals surface area contributed by atoms with Crippen LogP contribution in [0.3, 0.4) is 0 Å². The number of aromatic nitrogens is 5. The highest BCUT2D eigenvalue weighted by molar-refractivity contribution is 5.97. The highest BCUT2D eigenvalue weighted by Crippen LogP contribution is 2.31. The van der Waals surface area contributed by atoms with Gasteiger partial charge in [0.2, 0.25) is 0 Å². The maximum atomic E-state index is 13.5. The molecule has 0 aromatic carbocycles. The van der Waals surface area contributed by atoms with Gasteiger partial charge in [0.1, 0.15) is 11.6 Å². The van der Waals surface area contributed by atoms with E-state index in [0.717, 1.165) is 23.4 Å². The zero-order valence-electron chi connectivity index (χ0n) is 20.2. The van der Waals surface area contributed by atoms with Crippen molar-refractivity contribution in [2.45, 2.75) is 46.3 Å². The van der Waals surface area contributed by atoms with Gasteiger partial charge in [0.15, 0.2) is 5.65 Å². The number of hydrogen-bond acceptors (Lipinski definition) is 8. The van der Waals surface area contributed by atoms with Crippen molar-refractivity contribution >= 4 is 22.8 Å². The summed E-state index contributed by atoms with van der Waals surface area (Å²) in [5.41, 5.74) is 7.67. The van der Waals surface area contributed by atoms with Gasteiger partial charge in [-0.15, -0.1) is 0 Å². The number of nitrogens with zero attached hydrogens (tertiary/aromatic N) is 6. The third-order valence-electron chi connectivity index (χ3n) is 5.58. The Hall–Kier alpha value is -4.19. The predicted octanol–water partition coefficient (Wildman–Crippen LogP) is 4.31. The highest BCUT2D eigenvalue weighted by atomic mass is 19.4. The quantitative estimate of drug-likeness (QED) is 0.421. The molecule has 0 atom stereocenters. The Balaban J connectivity index is 0.00000156. The van der Waals surface area contributed by atoms with E-state index >= 15 is 0 Å². The predicted molar refractivity (Wildman–Crippen MR) is 129 cm³/mol. The molecule has 1 aliphatic heterocycles. The van der Waals surface area contributed by atoms with Crippen LogP contribution in [0.5, 0.6) is 0 Å². The first-order valence-corrected chi connectivity index (χ1v) is 11.5. The lowest BCUT2D eigenvalue weighted by atomic mass is 10.1. The van der Waals surface area contributed by atoms with Gasteiger partial charge in [0.05, 0.1) is 43.1 Å². The number of carbonyl (C=O) groups excluding carboxylic acids is 1. The number of halogens is 3. The second kappa shape index (κ2) is 10.8. The maximum Gasteiger partial charge on any atom is 0.417 e. The molecule has 1 amide bonds. The van der Waals surface area contributed by atoms with Crippen molar-refractivity contribution in [2.24, 2.45) is 0 Å². The summed E-state index contributed by atoms with van der Waals surface area (Å²) >= 11 is 0. The van der Waals surface area contributed by atoms with Crippen molar-refractivity contribution in [3.8, 4) is 0 Å². The fraction of sp³-hybridized carbons (Fsp3) is 0.280. The van der Waals surface area contributed by atoms with Gasteiger partial charge in [-0.2, -0.15) is 13.2 Å². The Morgan fingerprint density at radius 3 is 2.43 bits per heavy atom. The van der Waals surface area contributed by atoms with Crippen molar-refractivity contribution in [3.05, 3.63) is 82.8 Å². The van der Waals surface area contributed by atoms with E-state index in [1.807, 2.05) is 13.8 Å². The molecule has 12 heteroatoms. The van der Waals surface area contributed by atoms with E-state index in [4.69, 9.17) is 10.5 Å². The van der Waals surface area contributed by atoms with Gasteiger partial charge in [-0.3, -0.25) is 9.78 Å². The van der Waals surface area contributed by atoms with Crippen molar-refractivity contribution in [1.29, 1.82) is 0 Å². The zero-order valence-corrected chi connectivity index (χ0v) is 20.2. The molecule has 37 heavy (non-hydrogen) atoms. The SMILES string of the molecule is CC.Nc1nc2ncc(C(=O)N(Cc3ccc(C(F)(F)F)cn3)Cc3ncccn3)cc2c2c1COC2. The van der Waals surface area contributed by atoms with Crippen LogP contribution < -0.4 is 5.73 Å². The topological polar surface area (TPSA) is 120 Å². The Labute approximate surface area is 210 Å². The fourth-order valence-electron chi connectivity index (χ4n) is 3.81. The molecule has 5 heterocycles. The number of anilines is 1. The number of nitrogen functional groups attached to an aromatic ring is 1. The van der Waals surface area contributed by atoms with Crippen molar-refractivity contribution in [3.63, 3.8) is 0 Å². The number of alkyl halides is 3. The minimum Gasteiger partial charge on any atom is -0.383 e. The summed E-state index contributed by atoms with van der Waals surface area (Å²) in [6.07, 6.45) is 0.708. The summed E-state index contributed by atoms with van der Waals surface area (Å²) in [4.78, 5) is 35.8. The summed E-state index contributed by atoms with van der Waals surface area (Å²) in [6.45, 7) is 4.62. The molecule has 4 aromatic heterocycles. The van der Waals surface area contributed by atoms with Gasteiger partial charge in [0, 0.05) is 35.7 Å². The van der Waals surface area contributed by atoms with Gasteiger partial charge in [-0.1, -0.05) is 13.8 Å². The summed E-state index contributed by atoms with van der Waals surface area (Å²) in [6, 6.07) is 5.48. The smallest absolute Gasteiger partial charge is 0.383 e. The van der Waals surface area contributed by atoms with Crippen molar-refractivity contribution < 1.29 is 22.7 Å². The first-order chi connectivity index (χ1) is 17.8. The molecule has 0 saturated heterocycles. The summed E-state index contributed by atoms with van der Waals surface area (Å²) in [5.74, 6) is 0.288. The molecule has 0 radical (unpaired) electrons. The Morgan fingerprint density at radius 1 is 1.03 bits per heavy atom. The van der Waals surface area contributed by atoms with Crippen LogP contribution in [0.15, 0.2) is 49.1 Å². The third-order valence-corrected chi connectivity index (χ3v) is 5.58. The van der Waals surface area contributed by atoms with E-state index in [-0.39, 0.29) is 24.3 Å². The lowest BCUT2D eigenvalue weighted by molar-refractivity contribution is -0.137. The summed E-state index contributed by atoms with van der Waals surface area (Å²) < 4.78 is 44.2. The molecule has 2 N–H and O–H groups in total. The molecule has 0 fully saturated rings. The lowest BCUT2D eigenvalue weighted by Crippen LogP contribution is -2.31. The van der Waals surface area contributed by atoms with Crippen LogP contribution in [0.25, 0.3) is 11.0 Å². The first kappa shape index (κ1) is 25.9. The minimum absolute atomic E-state index is 0.0155. The van der Waals surface area contributed by atoms with E-state index < -0.39 is 17.6 Å². The van der Waals surface area contributed by atoms with Crippen LogP contribution in [0.4, 0.5) is 19.0 Å². The largest absolute Gasteiger partial charge is 0.417 e. The molecule has 0 spiro atoms. The van der Waals surface area contributed by atoms with Crippen LogP contribution in [0.1, 0.15) is 52.4 Å². The molecule has 5 rings (SSSR count). The lowest BCUT2D eigenvalue weighted by Gasteiger charge is -2.22. The molecular weight excluding hydrogens is 487 g/mol. The number of carbonyl (C=O) groups is 1. The third kappa shape index (κ3) is 5.64. The molecule has 192 valence electrons. The van der Waals surface area contributed by atoms with Gasteiger partial charge in [0.25, 0.3) is 5.91 Å². The molecule has 0 bridgehead atoms. The summed E-state index contributed by atoms with van der Waals surface area (Å²) in [7, 11) is 0. The number of fused-ring (bicyclic) bond motifs is 3. The van der Waals surface area contributed by atoms with Gasteiger partial charge < -0.3 is 15.4 Å². The number of pyridine rings is 3. The average Bonchev–Trinajstić information content (AvgIpc) is 3.41. The van der Waals surface area contributed by atoms with Crippen molar-refractivity contribution in [2.75, 3.05) is 5.73 Å². The molecule has 4 aromatic rings. The molecule has 1 aliphatic rings. The number of ether oxygens (including phenoxy) is 1.